The van der Waals surface area contributed by atoms with Crippen LogP contribution in [0.5, 0.6) is 11.5 Å². The van der Waals surface area contributed by atoms with Gasteiger partial charge in [0.2, 0.25) is 0 Å². The van der Waals surface area contributed by atoms with E-state index in [0.29, 0.717) is 42.1 Å². The standard InChI is InChI=1S/C25H32N4O3/c1-17(2)15-28(25(30)20-12-11-19(31-3)14-22(20)32-4)16-23-27-21-10-7-13-26-24(21)29(23)18-8-5-6-9-18/h7,10-14,17-18H,5-6,8-9,15-16H2,1-4H3. The molecule has 0 radical (unpaired) electrons. The number of rotatable bonds is 8. The van der Waals surface area contributed by atoms with Gasteiger partial charge >= 0.3 is 0 Å². The number of aromatic nitrogens is 3. The van der Waals surface area contributed by atoms with Gasteiger partial charge in [-0.25, -0.2) is 9.97 Å². The Balaban J connectivity index is 1.72. The molecule has 7 heteroatoms. The summed E-state index contributed by atoms with van der Waals surface area (Å²) in [5, 5.41) is 0. The molecule has 1 amide bonds. The highest BCUT2D eigenvalue weighted by Crippen LogP contribution is 2.34. The maximum Gasteiger partial charge on any atom is 0.258 e. The molecule has 1 aliphatic rings. The van der Waals surface area contributed by atoms with E-state index in [0.717, 1.165) is 29.8 Å². The Kier molecular flexibility index (Phi) is 6.63. The Morgan fingerprint density at radius 3 is 2.66 bits per heavy atom. The van der Waals surface area contributed by atoms with Crippen LogP contribution < -0.4 is 9.47 Å². The zero-order valence-corrected chi connectivity index (χ0v) is 19.4. The number of ether oxygens (including phenoxy) is 2. The topological polar surface area (TPSA) is 69.5 Å². The van der Waals surface area contributed by atoms with Gasteiger partial charge in [0, 0.05) is 24.8 Å². The van der Waals surface area contributed by atoms with Crippen molar-refractivity contribution < 1.29 is 14.3 Å². The summed E-state index contributed by atoms with van der Waals surface area (Å²) in [6.07, 6.45) is 6.50. The molecule has 3 aromatic rings. The Bertz CT molecular complexity index is 1090. The van der Waals surface area contributed by atoms with Gasteiger partial charge in [-0.15, -0.1) is 0 Å². The second-order valence-electron chi connectivity index (χ2n) is 8.83. The van der Waals surface area contributed by atoms with Gasteiger partial charge in [-0.3, -0.25) is 4.79 Å². The molecule has 170 valence electrons. The molecular formula is C25H32N4O3. The smallest absolute Gasteiger partial charge is 0.258 e. The van der Waals surface area contributed by atoms with Gasteiger partial charge in [0.1, 0.15) is 22.8 Å². The number of imidazole rings is 1. The number of pyridine rings is 1. The molecule has 0 unspecified atom stereocenters. The number of methoxy groups -OCH3 is 2. The molecular weight excluding hydrogens is 404 g/mol. The fourth-order valence-electron chi connectivity index (χ4n) is 4.61. The normalized spacial score (nSPS) is 14.3. The average Bonchev–Trinajstić information content (AvgIpc) is 3.44. The summed E-state index contributed by atoms with van der Waals surface area (Å²) < 4.78 is 13.1. The van der Waals surface area contributed by atoms with E-state index in [1.54, 1.807) is 32.4 Å². The molecule has 7 nitrogen and oxygen atoms in total. The lowest BCUT2D eigenvalue weighted by atomic mass is 10.1. The highest BCUT2D eigenvalue weighted by Gasteiger charge is 2.27. The van der Waals surface area contributed by atoms with Crippen LogP contribution in [-0.2, 0) is 6.54 Å². The van der Waals surface area contributed by atoms with Crippen LogP contribution in [0.3, 0.4) is 0 Å². The fraction of sp³-hybridized carbons (Fsp3) is 0.480. The predicted octanol–water partition coefficient (Wildman–Crippen LogP) is 4.86. The first-order chi connectivity index (χ1) is 15.5. The maximum atomic E-state index is 13.7. The number of carbonyl (C=O) groups excluding carboxylic acids is 1. The van der Waals surface area contributed by atoms with E-state index >= 15 is 0 Å². The van der Waals surface area contributed by atoms with Crippen LogP contribution in [0.2, 0.25) is 0 Å². The summed E-state index contributed by atoms with van der Waals surface area (Å²) in [6, 6.07) is 9.61. The molecule has 2 heterocycles. The van der Waals surface area contributed by atoms with Crippen LogP contribution in [-0.4, -0.2) is 46.1 Å². The Labute approximate surface area is 189 Å². The van der Waals surface area contributed by atoms with Gasteiger partial charge < -0.3 is 18.9 Å². The summed E-state index contributed by atoms with van der Waals surface area (Å²) in [5.74, 6) is 2.30. The van der Waals surface area contributed by atoms with Crippen molar-refractivity contribution in [3.8, 4) is 11.5 Å². The van der Waals surface area contributed by atoms with Crippen molar-refractivity contribution in [2.75, 3.05) is 20.8 Å². The summed E-state index contributed by atoms with van der Waals surface area (Å²) in [4.78, 5) is 25.1. The van der Waals surface area contributed by atoms with Crippen molar-refractivity contribution in [2.45, 2.75) is 52.1 Å². The molecule has 1 fully saturated rings. The quantitative estimate of drug-likeness (QED) is 0.504. The molecule has 0 saturated heterocycles. The second-order valence-corrected chi connectivity index (χ2v) is 8.83. The van der Waals surface area contributed by atoms with Crippen LogP contribution in [0.25, 0.3) is 11.2 Å². The molecule has 1 aliphatic carbocycles. The van der Waals surface area contributed by atoms with Crippen molar-refractivity contribution in [3.05, 3.63) is 47.9 Å². The first kappa shape index (κ1) is 22.1. The largest absolute Gasteiger partial charge is 0.497 e. The third kappa shape index (κ3) is 4.42. The molecule has 32 heavy (non-hydrogen) atoms. The lowest BCUT2D eigenvalue weighted by Crippen LogP contribution is -2.35. The van der Waals surface area contributed by atoms with Crippen molar-refractivity contribution >= 4 is 17.1 Å². The monoisotopic (exact) mass is 436 g/mol. The molecule has 2 aromatic heterocycles. The van der Waals surface area contributed by atoms with Gasteiger partial charge in [0.25, 0.3) is 5.91 Å². The van der Waals surface area contributed by atoms with Gasteiger partial charge in [0.15, 0.2) is 5.65 Å². The molecule has 4 rings (SSSR count). The van der Waals surface area contributed by atoms with Gasteiger partial charge in [-0.05, 0) is 43.0 Å². The van der Waals surface area contributed by atoms with Gasteiger partial charge in [0.05, 0.1) is 26.3 Å². The van der Waals surface area contributed by atoms with E-state index < -0.39 is 0 Å². The molecule has 1 aromatic carbocycles. The SMILES string of the molecule is COc1ccc(C(=O)N(Cc2nc3cccnc3n2C2CCCC2)CC(C)C)c(OC)c1. The molecule has 0 spiro atoms. The lowest BCUT2D eigenvalue weighted by molar-refractivity contribution is 0.0711. The van der Waals surface area contributed by atoms with Crippen LogP contribution in [0.4, 0.5) is 0 Å². The highest BCUT2D eigenvalue weighted by molar-refractivity contribution is 5.97. The summed E-state index contributed by atoms with van der Waals surface area (Å²) >= 11 is 0. The molecule has 1 saturated carbocycles. The Hall–Kier alpha value is -3.09. The van der Waals surface area contributed by atoms with Crippen LogP contribution in [0.15, 0.2) is 36.5 Å². The minimum atomic E-state index is -0.0730. The van der Waals surface area contributed by atoms with Crippen LogP contribution in [0.1, 0.15) is 61.8 Å². The highest BCUT2D eigenvalue weighted by atomic mass is 16.5. The number of carbonyl (C=O) groups is 1. The van der Waals surface area contributed by atoms with Crippen LogP contribution >= 0.6 is 0 Å². The number of benzene rings is 1. The zero-order valence-electron chi connectivity index (χ0n) is 19.4. The Morgan fingerprint density at radius 1 is 1.19 bits per heavy atom. The first-order valence-electron chi connectivity index (χ1n) is 11.3. The minimum Gasteiger partial charge on any atom is -0.497 e. The zero-order chi connectivity index (χ0) is 22.7. The van der Waals surface area contributed by atoms with Crippen molar-refractivity contribution in [1.29, 1.82) is 0 Å². The summed E-state index contributed by atoms with van der Waals surface area (Å²) in [6.45, 7) is 5.29. The van der Waals surface area contributed by atoms with E-state index in [1.807, 2.05) is 23.2 Å². The maximum absolute atomic E-state index is 13.7. The lowest BCUT2D eigenvalue weighted by Gasteiger charge is -2.26. The Morgan fingerprint density at radius 2 is 1.97 bits per heavy atom. The number of nitrogens with zero attached hydrogens (tertiary/aromatic N) is 4. The van der Waals surface area contributed by atoms with Crippen molar-refractivity contribution in [3.63, 3.8) is 0 Å². The number of fused-ring (bicyclic) bond motifs is 1. The van der Waals surface area contributed by atoms with E-state index in [1.165, 1.54) is 12.8 Å². The van der Waals surface area contributed by atoms with E-state index in [4.69, 9.17) is 14.5 Å². The van der Waals surface area contributed by atoms with E-state index in [9.17, 15) is 4.79 Å². The molecule has 0 N–H and O–H groups in total. The van der Waals surface area contributed by atoms with Crippen molar-refractivity contribution in [2.24, 2.45) is 5.92 Å². The molecule has 0 atom stereocenters. The third-order valence-corrected chi connectivity index (χ3v) is 6.06. The molecule has 0 aliphatic heterocycles. The third-order valence-electron chi connectivity index (χ3n) is 6.06. The summed E-state index contributed by atoms with van der Waals surface area (Å²) in [7, 11) is 3.17. The number of amides is 1. The first-order valence-corrected chi connectivity index (χ1v) is 11.3. The minimum absolute atomic E-state index is 0.0730. The summed E-state index contributed by atoms with van der Waals surface area (Å²) in [5.41, 5.74) is 2.32. The van der Waals surface area contributed by atoms with E-state index in [2.05, 4.69) is 23.4 Å². The second kappa shape index (κ2) is 9.59. The van der Waals surface area contributed by atoms with Gasteiger partial charge in [-0.2, -0.15) is 0 Å². The average molecular weight is 437 g/mol. The van der Waals surface area contributed by atoms with Gasteiger partial charge in [-0.1, -0.05) is 26.7 Å². The predicted molar refractivity (Wildman–Crippen MR) is 124 cm³/mol. The number of hydrogen-bond acceptors (Lipinski definition) is 5. The van der Waals surface area contributed by atoms with Crippen LogP contribution in [0, 0.1) is 5.92 Å². The fourth-order valence-corrected chi connectivity index (χ4v) is 4.61. The van der Waals surface area contributed by atoms with E-state index in [-0.39, 0.29) is 5.91 Å². The number of hydrogen-bond donors (Lipinski definition) is 0. The molecule has 0 bridgehead atoms. The van der Waals surface area contributed by atoms with Crippen molar-refractivity contribution in [1.82, 2.24) is 19.4 Å².